The normalized spacial score (nSPS) is 11.1. The van der Waals surface area contributed by atoms with Crippen LogP contribution in [0.25, 0.3) is 5.69 Å². The SMILES string of the molecule is COc1cccc(-n2c(CN(C)Cc3ccccn3)nnc2SCc2cccc(Cl)c2)c1. The van der Waals surface area contributed by atoms with Crippen molar-refractivity contribution in [3.8, 4) is 11.4 Å². The smallest absolute Gasteiger partial charge is 0.196 e. The van der Waals surface area contributed by atoms with Crippen molar-refractivity contribution < 1.29 is 4.74 Å². The van der Waals surface area contributed by atoms with Gasteiger partial charge in [-0.15, -0.1) is 10.2 Å². The first-order chi connectivity index (χ1) is 15.6. The highest BCUT2D eigenvalue weighted by atomic mass is 35.5. The molecular formula is C24H24ClN5OS. The van der Waals surface area contributed by atoms with E-state index in [2.05, 4.69) is 37.8 Å². The Morgan fingerprint density at radius 3 is 2.66 bits per heavy atom. The summed E-state index contributed by atoms with van der Waals surface area (Å²) < 4.78 is 7.53. The fraction of sp³-hybridized carbons (Fsp3) is 0.208. The van der Waals surface area contributed by atoms with E-state index < -0.39 is 0 Å². The van der Waals surface area contributed by atoms with Gasteiger partial charge in [0.1, 0.15) is 5.75 Å². The predicted octanol–water partition coefficient (Wildman–Crippen LogP) is 5.25. The van der Waals surface area contributed by atoms with Crippen LogP contribution in [0, 0.1) is 0 Å². The highest BCUT2D eigenvalue weighted by molar-refractivity contribution is 7.98. The minimum absolute atomic E-state index is 0.624. The van der Waals surface area contributed by atoms with E-state index in [9.17, 15) is 0 Å². The third kappa shape index (κ3) is 5.68. The van der Waals surface area contributed by atoms with Gasteiger partial charge >= 0.3 is 0 Å². The Balaban J connectivity index is 1.60. The molecule has 0 fully saturated rings. The Kier molecular flexibility index (Phi) is 7.42. The van der Waals surface area contributed by atoms with Crippen molar-refractivity contribution in [2.24, 2.45) is 0 Å². The Bertz CT molecular complexity index is 1170. The molecule has 6 nitrogen and oxygen atoms in total. The number of halogens is 1. The first-order valence-corrected chi connectivity index (χ1v) is 11.5. The van der Waals surface area contributed by atoms with E-state index in [4.69, 9.17) is 16.3 Å². The van der Waals surface area contributed by atoms with Crippen LogP contribution < -0.4 is 4.74 Å². The molecule has 0 saturated heterocycles. The van der Waals surface area contributed by atoms with Crippen molar-refractivity contribution in [1.82, 2.24) is 24.6 Å². The van der Waals surface area contributed by atoms with E-state index >= 15 is 0 Å². The van der Waals surface area contributed by atoms with Crippen molar-refractivity contribution in [2.75, 3.05) is 14.2 Å². The lowest BCUT2D eigenvalue weighted by atomic mass is 10.2. The van der Waals surface area contributed by atoms with Crippen LogP contribution in [0.15, 0.2) is 78.1 Å². The Labute approximate surface area is 197 Å². The lowest BCUT2D eigenvalue weighted by Crippen LogP contribution is -2.20. The molecule has 0 aliphatic rings. The molecule has 4 aromatic rings. The lowest BCUT2D eigenvalue weighted by Gasteiger charge is -2.17. The summed E-state index contributed by atoms with van der Waals surface area (Å²) in [5.41, 5.74) is 3.11. The first kappa shape index (κ1) is 22.3. The summed E-state index contributed by atoms with van der Waals surface area (Å²) >= 11 is 7.78. The highest BCUT2D eigenvalue weighted by Gasteiger charge is 2.17. The number of hydrogen-bond donors (Lipinski definition) is 0. The van der Waals surface area contributed by atoms with Gasteiger partial charge in [-0.2, -0.15) is 0 Å². The summed E-state index contributed by atoms with van der Waals surface area (Å²) in [6.07, 6.45) is 1.81. The van der Waals surface area contributed by atoms with Gasteiger partial charge < -0.3 is 4.74 Å². The van der Waals surface area contributed by atoms with Crippen molar-refractivity contribution in [3.05, 3.63) is 95.0 Å². The molecule has 8 heteroatoms. The summed E-state index contributed by atoms with van der Waals surface area (Å²) in [7, 11) is 3.72. The quantitative estimate of drug-likeness (QED) is 0.315. The summed E-state index contributed by atoms with van der Waals surface area (Å²) in [4.78, 5) is 6.60. The lowest BCUT2D eigenvalue weighted by molar-refractivity contribution is 0.304. The standard InChI is InChI=1S/C24H24ClN5OS/c1-29(15-20-9-3-4-12-26-20)16-23-27-28-24(32-17-18-7-5-8-19(25)13-18)30(23)21-10-6-11-22(14-21)31-2/h3-14H,15-17H2,1-2H3. The third-order valence-electron chi connectivity index (χ3n) is 4.84. The second kappa shape index (κ2) is 10.6. The largest absolute Gasteiger partial charge is 0.497 e. The fourth-order valence-electron chi connectivity index (χ4n) is 3.35. The summed E-state index contributed by atoms with van der Waals surface area (Å²) in [5, 5.41) is 10.6. The minimum atomic E-state index is 0.624. The van der Waals surface area contributed by atoms with Gasteiger partial charge in [0.2, 0.25) is 0 Å². The van der Waals surface area contributed by atoms with Crippen molar-refractivity contribution >= 4 is 23.4 Å². The average molecular weight is 466 g/mol. The molecule has 0 aliphatic carbocycles. The van der Waals surface area contributed by atoms with Crippen LogP contribution in [-0.2, 0) is 18.8 Å². The number of benzene rings is 2. The van der Waals surface area contributed by atoms with E-state index in [1.165, 1.54) is 0 Å². The number of rotatable bonds is 9. The molecule has 0 unspecified atom stereocenters. The van der Waals surface area contributed by atoms with Gasteiger partial charge in [-0.05, 0) is 49.0 Å². The number of ether oxygens (including phenoxy) is 1. The van der Waals surface area contributed by atoms with Gasteiger partial charge in [0.05, 0.1) is 25.0 Å². The molecule has 2 heterocycles. The molecule has 4 rings (SSSR count). The number of nitrogens with zero attached hydrogens (tertiary/aromatic N) is 5. The van der Waals surface area contributed by atoms with Gasteiger partial charge in [-0.1, -0.05) is 47.6 Å². The van der Waals surface area contributed by atoms with Crippen LogP contribution in [0.4, 0.5) is 0 Å². The zero-order chi connectivity index (χ0) is 22.3. The molecule has 0 spiro atoms. The highest BCUT2D eigenvalue weighted by Crippen LogP contribution is 2.28. The number of aromatic nitrogens is 4. The molecular weight excluding hydrogens is 442 g/mol. The van der Waals surface area contributed by atoms with Gasteiger partial charge in [0.25, 0.3) is 0 Å². The van der Waals surface area contributed by atoms with Gasteiger partial charge in [-0.3, -0.25) is 14.5 Å². The number of hydrogen-bond acceptors (Lipinski definition) is 6. The second-order valence-electron chi connectivity index (χ2n) is 7.35. The average Bonchev–Trinajstić information content (AvgIpc) is 3.20. The summed E-state index contributed by atoms with van der Waals surface area (Å²) in [6.45, 7) is 1.34. The predicted molar refractivity (Wildman–Crippen MR) is 128 cm³/mol. The molecule has 164 valence electrons. The number of thioether (sulfide) groups is 1. The zero-order valence-electron chi connectivity index (χ0n) is 18.0. The maximum Gasteiger partial charge on any atom is 0.196 e. The van der Waals surface area contributed by atoms with E-state index in [-0.39, 0.29) is 0 Å². The van der Waals surface area contributed by atoms with Gasteiger partial charge in [0, 0.05) is 29.6 Å². The van der Waals surface area contributed by atoms with Crippen molar-refractivity contribution in [3.63, 3.8) is 0 Å². The van der Waals surface area contributed by atoms with Crippen LogP contribution in [-0.4, -0.2) is 38.8 Å². The third-order valence-corrected chi connectivity index (χ3v) is 6.07. The number of methoxy groups -OCH3 is 1. The Hall–Kier alpha value is -2.87. The van der Waals surface area contributed by atoms with Crippen LogP contribution in [0.3, 0.4) is 0 Å². The molecule has 0 bridgehead atoms. The van der Waals surface area contributed by atoms with Crippen LogP contribution >= 0.6 is 23.4 Å². The maximum atomic E-state index is 6.15. The Morgan fingerprint density at radius 1 is 1.00 bits per heavy atom. The molecule has 0 atom stereocenters. The van der Waals surface area contributed by atoms with Crippen LogP contribution in [0.2, 0.25) is 5.02 Å². The zero-order valence-corrected chi connectivity index (χ0v) is 19.6. The first-order valence-electron chi connectivity index (χ1n) is 10.2. The van der Waals surface area contributed by atoms with Gasteiger partial charge in [0.15, 0.2) is 11.0 Å². The van der Waals surface area contributed by atoms with E-state index in [1.54, 1.807) is 18.9 Å². The minimum Gasteiger partial charge on any atom is -0.497 e. The molecule has 0 radical (unpaired) electrons. The van der Waals surface area contributed by atoms with E-state index in [1.807, 2.05) is 66.9 Å². The van der Waals surface area contributed by atoms with Crippen molar-refractivity contribution in [2.45, 2.75) is 24.0 Å². The molecule has 0 amide bonds. The van der Waals surface area contributed by atoms with Crippen molar-refractivity contribution in [1.29, 1.82) is 0 Å². The fourth-order valence-corrected chi connectivity index (χ4v) is 4.47. The Morgan fingerprint density at radius 2 is 1.88 bits per heavy atom. The van der Waals surface area contributed by atoms with E-state index in [0.29, 0.717) is 6.54 Å². The van der Waals surface area contributed by atoms with E-state index in [0.717, 1.165) is 51.0 Å². The maximum absolute atomic E-state index is 6.15. The molecule has 0 aliphatic heterocycles. The molecule has 2 aromatic heterocycles. The summed E-state index contributed by atoms with van der Waals surface area (Å²) in [5.74, 6) is 2.38. The molecule has 0 saturated carbocycles. The molecule has 2 aromatic carbocycles. The van der Waals surface area contributed by atoms with Crippen LogP contribution in [0.1, 0.15) is 17.1 Å². The topological polar surface area (TPSA) is 56.1 Å². The second-order valence-corrected chi connectivity index (χ2v) is 8.73. The van der Waals surface area contributed by atoms with Crippen LogP contribution in [0.5, 0.6) is 5.75 Å². The van der Waals surface area contributed by atoms with Gasteiger partial charge in [-0.25, -0.2) is 0 Å². The number of pyridine rings is 1. The summed E-state index contributed by atoms with van der Waals surface area (Å²) in [6, 6.07) is 21.8. The molecule has 0 N–H and O–H groups in total. The molecule has 32 heavy (non-hydrogen) atoms. The monoisotopic (exact) mass is 465 g/mol.